The summed E-state index contributed by atoms with van der Waals surface area (Å²) in [6, 6.07) is 3.47. The molecule has 1 unspecified atom stereocenters. The van der Waals surface area contributed by atoms with Crippen molar-refractivity contribution in [1.82, 2.24) is 0 Å². The van der Waals surface area contributed by atoms with Crippen LogP contribution in [0.5, 0.6) is 0 Å². The molecule has 0 aliphatic heterocycles. The minimum atomic E-state index is -0.447. The Hall–Kier alpha value is -1.29. The third-order valence-corrected chi connectivity index (χ3v) is 3.73. The summed E-state index contributed by atoms with van der Waals surface area (Å²) in [7, 11) is 1.34. The first-order chi connectivity index (χ1) is 7.47. The summed E-state index contributed by atoms with van der Waals surface area (Å²) >= 11 is 0. The lowest BCUT2D eigenvalue weighted by molar-refractivity contribution is 0.0561. The van der Waals surface area contributed by atoms with Crippen LogP contribution >= 0.6 is 0 Å². The number of hydrogen-bond donors (Lipinski definition) is 1. The van der Waals surface area contributed by atoms with E-state index >= 15 is 0 Å². The van der Waals surface area contributed by atoms with Crippen molar-refractivity contribution in [2.24, 2.45) is 11.1 Å². The van der Waals surface area contributed by atoms with Gasteiger partial charge in [-0.1, -0.05) is 13.8 Å². The summed E-state index contributed by atoms with van der Waals surface area (Å²) in [6.45, 7) is 4.84. The van der Waals surface area contributed by atoms with Crippen LogP contribution in [0.25, 0.3) is 0 Å². The Morgan fingerprint density at radius 1 is 1.56 bits per heavy atom. The van der Waals surface area contributed by atoms with Gasteiger partial charge in [0.25, 0.3) is 0 Å². The predicted octanol–water partition coefficient (Wildman–Crippen LogP) is 1.69. The van der Waals surface area contributed by atoms with E-state index in [0.717, 1.165) is 12.2 Å². The van der Waals surface area contributed by atoms with Gasteiger partial charge in [-0.2, -0.15) is 0 Å². The molecule has 0 spiro atoms. The highest BCUT2D eigenvalue weighted by Gasteiger charge is 2.63. The zero-order chi connectivity index (χ0) is 12.0. The molecule has 0 amide bonds. The first-order valence-corrected chi connectivity index (χ1v) is 5.35. The van der Waals surface area contributed by atoms with E-state index in [4.69, 9.17) is 10.2 Å². The minimum Gasteiger partial charge on any atom is -0.463 e. The van der Waals surface area contributed by atoms with Gasteiger partial charge in [0.05, 0.1) is 7.11 Å². The standard InChI is InChI=1S/C12H17NO3/c1-11(2)6-12(11,7-13)9-5-4-8(16-9)10(14)15-3/h4-5H,6-7,13H2,1-3H3. The number of carbonyl (C=O) groups excluding carboxylic acids is 1. The Kier molecular flexibility index (Phi) is 2.35. The van der Waals surface area contributed by atoms with Gasteiger partial charge >= 0.3 is 5.97 Å². The summed E-state index contributed by atoms with van der Waals surface area (Å²) in [5.74, 6) is 0.588. The van der Waals surface area contributed by atoms with Crippen molar-refractivity contribution in [2.45, 2.75) is 25.7 Å². The van der Waals surface area contributed by atoms with Crippen molar-refractivity contribution >= 4 is 5.97 Å². The SMILES string of the molecule is COC(=O)c1ccc(C2(CN)CC2(C)C)o1. The number of rotatable bonds is 3. The molecule has 1 saturated carbocycles. The fourth-order valence-corrected chi connectivity index (χ4v) is 2.39. The first kappa shape index (κ1) is 11.2. The zero-order valence-electron chi connectivity index (χ0n) is 9.87. The van der Waals surface area contributed by atoms with E-state index in [1.807, 2.05) is 6.07 Å². The summed E-state index contributed by atoms with van der Waals surface area (Å²) in [5.41, 5.74) is 5.85. The number of hydrogen-bond acceptors (Lipinski definition) is 4. The van der Waals surface area contributed by atoms with Crippen LogP contribution < -0.4 is 5.73 Å². The molecule has 0 bridgehead atoms. The minimum absolute atomic E-state index is 0.112. The van der Waals surface area contributed by atoms with Crippen molar-refractivity contribution < 1.29 is 13.9 Å². The molecule has 1 aromatic heterocycles. The number of carbonyl (C=O) groups is 1. The van der Waals surface area contributed by atoms with E-state index in [2.05, 4.69) is 18.6 Å². The zero-order valence-corrected chi connectivity index (χ0v) is 9.87. The third kappa shape index (κ3) is 1.37. The molecule has 88 valence electrons. The molecular weight excluding hydrogens is 206 g/mol. The molecule has 1 aromatic rings. The first-order valence-electron chi connectivity index (χ1n) is 5.35. The van der Waals surface area contributed by atoms with Gasteiger partial charge in [0, 0.05) is 12.0 Å². The fourth-order valence-electron chi connectivity index (χ4n) is 2.39. The molecule has 0 saturated heterocycles. The molecule has 16 heavy (non-hydrogen) atoms. The predicted molar refractivity (Wildman–Crippen MR) is 59.2 cm³/mol. The number of esters is 1. The molecule has 2 rings (SSSR count). The normalized spacial score (nSPS) is 26.5. The van der Waals surface area contributed by atoms with Gasteiger partial charge in [0.2, 0.25) is 5.76 Å². The Balaban J connectivity index is 2.29. The Morgan fingerprint density at radius 3 is 2.62 bits per heavy atom. The molecule has 1 aliphatic carbocycles. The maximum Gasteiger partial charge on any atom is 0.373 e. The largest absolute Gasteiger partial charge is 0.463 e. The van der Waals surface area contributed by atoms with E-state index in [1.165, 1.54) is 7.11 Å². The van der Waals surface area contributed by atoms with Crippen LogP contribution in [-0.4, -0.2) is 19.6 Å². The second-order valence-corrected chi connectivity index (χ2v) is 5.00. The quantitative estimate of drug-likeness (QED) is 0.792. The van der Waals surface area contributed by atoms with Gasteiger partial charge in [0.1, 0.15) is 5.76 Å². The molecule has 1 fully saturated rings. The number of furan rings is 1. The second kappa shape index (κ2) is 3.35. The van der Waals surface area contributed by atoms with Gasteiger partial charge in [0.15, 0.2) is 0 Å². The van der Waals surface area contributed by atoms with E-state index in [9.17, 15) is 4.79 Å². The maximum atomic E-state index is 11.3. The van der Waals surface area contributed by atoms with E-state index in [-0.39, 0.29) is 16.6 Å². The highest BCUT2D eigenvalue weighted by molar-refractivity contribution is 5.86. The topological polar surface area (TPSA) is 65.5 Å². The molecule has 2 N–H and O–H groups in total. The van der Waals surface area contributed by atoms with Crippen LogP contribution in [0.4, 0.5) is 0 Å². The fraction of sp³-hybridized carbons (Fsp3) is 0.583. The summed E-state index contributed by atoms with van der Waals surface area (Å²) in [4.78, 5) is 11.3. The van der Waals surface area contributed by atoms with Crippen molar-refractivity contribution in [3.05, 3.63) is 23.7 Å². The molecule has 1 aliphatic rings. The van der Waals surface area contributed by atoms with Crippen molar-refractivity contribution in [2.75, 3.05) is 13.7 Å². The lowest BCUT2D eigenvalue weighted by Gasteiger charge is -2.15. The molecule has 0 radical (unpaired) electrons. The average Bonchev–Trinajstić information content (AvgIpc) is 2.68. The van der Waals surface area contributed by atoms with E-state index < -0.39 is 5.97 Å². The van der Waals surface area contributed by atoms with Crippen LogP contribution in [0.2, 0.25) is 0 Å². The summed E-state index contributed by atoms with van der Waals surface area (Å²) in [5, 5.41) is 0. The summed E-state index contributed by atoms with van der Waals surface area (Å²) in [6.07, 6.45) is 0.991. The highest BCUT2D eigenvalue weighted by Crippen LogP contribution is 2.63. The monoisotopic (exact) mass is 223 g/mol. The lowest BCUT2D eigenvalue weighted by Crippen LogP contribution is -2.24. The van der Waals surface area contributed by atoms with Gasteiger partial charge in [-0.3, -0.25) is 0 Å². The van der Waals surface area contributed by atoms with Crippen molar-refractivity contribution in [3.63, 3.8) is 0 Å². The van der Waals surface area contributed by atoms with E-state index in [0.29, 0.717) is 6.54 Å². The van der Waals surface area contributed by atoms with Crippen LogP contribution in [0.3, 0.4) is 0 Å². The van der Waals surface area contributed by atoms with Crippen molar-refractivity contribution in [3.8, 4) is 0 Å². The Labute approximate surface area is 94.8 Å². The Morgan fingerprint density at radius 2 is 2.19 bits per heavy atom. The number of nitrogens with two attached hydrogens (primary N) is 1. The van der Waals surface area contributed by atoms with Crippen LogP contribution in [-0.2, 0) is 10.2 Å². The van der Waals surface area contributed by atoms with Gasteiger partial charge in [-0.05, 0) is 24.0 Å². The van der Waals surface area contributed by atoms with Gasteiger partial charge in [-0.25, -0.2) is 4.79 Å². The van der Waals surface area contributed by atoms with Crippen LogP contribution in [0, 0.1) is 5.41 Å². The number of ether oxygens (including phenoxy) is 1. The van der Waals surface area contributed by atoms with Crippen molar-refractivity contribution in [1.29, 1.82) is 0 Å². The summed E-state index contributed by atoms with van der Waals surface area (Å²) < 4.78 is 10.1. The molecule has 1 heterocycles. The third-order valence-electron chi connectivity index (χ3n) is 3.73. The lowest BCUT2D eigenvalue weighted by atomic mass is 9.93. The second-order valence-electron chi connectivity index (χ2n) is 5.00. The van der Waals surface area contributed by atoms with Crippen LogP contribution in [0.1, 0.15) is 36.6 Å². The molecular formula is C12H17NO3. The smallest absolute Gasteiger partial charge is 0.373 e. The number of methoxy groups -OCH3 is 1. The average molecular weight is 223 g/mol. The van der Waals surface area contributed by atoms with E-state index in [1.54, 1.807) is 6.07 Å². The Bertz CT molecular complexity index is 422. The van der Waals surface area contributed by atoms with Gasteiger partial charge in [-0.15, -0.1) is 0 Å². The molecule has 1 atom stereocenters. The highest BCUT2D eigenvalue weighted by atomic mass is 16.5. The molecule has 4 heteroatoms. The molecule has 0 aromatic carbocycles. The molecule has 4 nitrogen and oxygen atoms in total. The van der Waals surface area contributed by atoms with Gasteiger partial charge < -0.3 is 14.9 Å². The van der Waals surface area contributed by atoms with Crippen LogP contribution in [0.15, 0.2) is 16.5 Å². The maximum absolute atomic E-state index is 11.3.